The SMILES string of the molecule is NC(=O)N(N)CO. The average molecular weight is 105 g/mol. The summed E-state index contributed by atoms with van der Waals surface area (Å²) in [5.41, 5.74) is 4.55. The molecule has 2 amide bonds. The zero-order valence-corrected chi connectivity index (χ0v) is 3.66. The van der Waals surface area contributed by atoms with Crippen LogP contribution in [0.15, 0.2) is 0 Å². The Bertz CT molecular complexity index is 73.3. The van der Waals surface area contributed by atoms with Crippen molar-refractivity contribution < 1.29 is 9.90 Å². The van der Waals surface area contributed by atoms with Gasteiger partial charge in [0.25, 0.3) is 0 Å². The molecule has 0 fully saturated rings. The molecule has 0 atom stereocenters. The van der Waals surface area contributed by atoms with Gasteiger partial charge in [-0.2, -0.15) is 0 Å². The zero-order chi connectivity index (χ0) is 5.86. The minimum absolute atomic E-state index is 0.486. The maximum atomic E-state index is 9.79. The third kappa shape index (κ3) is 1.96. The summed E-state index contributed by atoms with van der Waals surface area (Å²) in [6, 6.07) is -0.845. The summed E-state index contributed by atoms with van der Waals surface area (Å²) < 4.78 is 0. The van der Waals surface area contributed by atoms with E-state index in [-0.39, 0.29) is 0 Å². The Morgan fingerprint density at radius 3 is 2.29 bits per heavy atom. The van der Waals surface area contributed by atoms with Gasteiger partial charge < -0.3 is 10.8 Å². The van der Waals surface area contributed by atoms with Gasteiger partial charge in [-0.1, -0.05) is 0 Å². The Balaban J connectivity index is 3.34. The predicted molar refractivity (Wildman–Crippen MR) is 22.7 cm³/mol. The number of nitrogens with two attached hydrogens (primary N) is 2. The van der Waals surface area contributed by atoms with Gasteiger partial charge in [-0.15, -0.1) is 0 Å². The highest BCUT2D eigenvalue weighted by Gasteiger charge is 1.96. The maximum absolute atomic E-state index is 9.79. The Morgan fingerprint density at radius 1 is 1.86 bits per heavy atom. The van der Waals surface area contributed by atoms with Crippen LogP contribution in [0.2, 0.25) is 0 Å². The van der Waals surface area contributed by atoms with Crippen LogP contribution in [0.25, 0.3) is 0 Å². The first-order valence-electron chi connectivity index (χ1n) is 1.61. The van der Waals surface area contributed by atoms with Crippen LogP contribution >= 0.6 is 0 Å². The van der Waals surface area contributed by atoms with Crippen LogP contribution < -0.4 is 11.6 Å². The topological polar surface area (TPSA) is 92.6 Å². The van der Waals surface area contributed by atoms with E-state index < -0.39 is 12.8 Å². The van der Waals surface area contributed by atoms with Gasteiger partial charge in [-0.3, -0.25) is 0 Å². The molecule has 0 saturated heterocycles. The number of carbonyl (C=O) groups is 1. The number of hydrogen-bond donors (Lipinski definition) is 3. The number of primary amides is 1. The van der Waals surface area contributed by atoms with E-state index in [9.17, 15) is 4.79 Å². The van der Waals surface area contributed by atoms with Gasteiger partial charge >= 0.3 is 6.03 Å². The van der Waals surface area contributed by atoms with Crippen molar-refractivity contribution in [2.45, 2.75) is 0 Å². The molecule has 5 N–H and O–H groups in total. The van der Waals surface area contributed by atoms with Crippen LogP contribution in [-0.2, 0) is 0 Å². The third-order valence-electron chi connectivity index (χ3n) is 0.435. The molecule has 0 heterocycles. The van der Waals surface area contributed by atoms with Crippen molar-refractivity contribution in [1.29, 1.82) is 0 Å². The van der Waals surface area contributed by atoms with E-state index in [2.05, 4.69) is 5.73 Å². The summed E-state index contributed by atoms with van der Waals surface area (Å²) in [6.45, 7) is -0.546. The van der Waals surface area contributed by atoms with Crippen LogP contribution in [0.4, 0.5) is 4.79 Å². The highest BCUT2D eigenvalue weighted by Crippen LogP contribution is 1.67. The van der Waals surface area contributed by atoms with Crippen LogP contribution in [-0.4, -0.2) is 22.9 Å². The number of urea groups is 1. The van der Waals surface area contributed by atoms with Crippen molar-refractivity contribution >= 4 is 6.03 Å². The largest absolute Gasteiger partial charge is 0.375 e. The van der Waals surface area contributed by atoms with E-state index in [4.69, 9.17) is 10.9 Å². The lowest BCUT2D eigenvalue weighted by molar-refractivity contribution is 0.129. The summed E-state index contributed by atoms with van der Waals surface area (Å²) in [4.78, 5) is 9.79. The summed E-state index contributed by atoms with van der Waals surface area (Å²) in [7, 11) is 0. The molecule has 0 aliphatic heterocycles. The maximum Gasteiger partial charge on any atom is 0.331 e. The minimum Gasteiger partial charge on any atom is -0.375 e. The molecule has 42 valence electrons. The van der Waals surface area contributed by atoms with Gasteiger partial charge in [-0.05, 0) is 0 Å². The lowest BCUT2D eigenvalue weighted by Gasteiger charge is -2.06. The molecular weight excluding hydrogens is 98.0 g/mol. The lowest BCUT2D eigenvalue weighted by atomic mass is 11.0. The molecule has 0 rings (SSSR count). The quantitative estimate of drug-likeness (QED) is 0.159. The van der Waals surface area contributed by atoms with Crippen LogP contribution in [0.3, 0.4) is 0 Å². The molecule has 0 aromatic heterocycles. The molecule has 0 unspecified atom stereocenters. The van der Waals surface area contributed by atoms with Gasteiger partial charge in [-0.25, -0.2) is 15.6 Å². The number of rotatable bonds is 1. The Kier molecular flexibility index (Phi) is 2.10. The van der Waals surface area contributed by atoms with Crippen molar-refractivity contribution in [2.24, 2.45) is 11.6 Å². The predicted octanol–water partition coefficient (Wildman–Crippen LogP) is -1.81. The molecule has 7 heavy (non-hydrogen) atoms. The minimum atomic E-state index is -0.845. The fourth-order valence-electron chi connectivity index (χ4n) is 0.0697. The van der Waals surface area contributed by atoms with Crippen LogP contribution in [0.1, 0.15) is 0 Å². The summed E-state index contributed by atoms with van der Waals surface area (Å²) in [6.07, 6.45) is 0. The van der Waals surface area contributed by atoms with Crippen molar-refractivity contribution in [1.82, 2.24) is 5.01 Å². The monoisotopic (exact) mass is 105 g/mol. The van der Waals surface area contributed by atoms with Crippen LogP contribution in [0.5, 0.6) is 0 Å². The highest BCUT2D eigenvalue weighted by atomic mass is 16.3. The first-order valence-corrected chi connectivity index (χ1v) is 1.61. The van der Waals surface area contributed by atoms with E-state index in [0.717, 1.165) is 0 Å². The molecule has 5 nitrogen and oxygen atoms in total. The van der Waals surface area contributed by atoms with E-state index in [1.807, 2.05) is 0 Å². The van der Waals surface area contributed by atoms with E-state index in [0.29, 0.717) is 5.01 Å². The van der Waals surface area contributed by atoms with Crippen LogP contribution in [0, 0.1) is 0 Å². The number of carbonyl (C=O) groups excluding carboxylic acids is 1. The molecule has 0 bridgehead atoms. The number of aliphatic hydroxyl groups excluding tert-OH is 1. The fraction of sp³-hybridized carbons (Fsp3) is 0.500. The van der Waals surface area contributed by atoms with Gasteiger partial charge in [0.05, 0.1) is 0 Å². The number of amides is 2. The van der Waals surface area contributed by atoms with Gasteiger partial charge in [0.1, 0.15) is 6.73 Å². The van der Waals surface area contributed by atoms with Crippen molar-refractivity contribution in [2.75, 3.05) is 6.73 Å². The van der Waals surface area contributed by atoms with Crippen molar-refractivity contribution in [3.05, 3.63) is 0 Å². The first-order chi connectivity index (χ1) is 3.18. The molecule has 0 spiro atoms. The van der Waals surface area contributed by atoms with Gasteiger partial charge in [0, 0.05) is 0 Å². The van der Waals surface area contributed by atoms with Gasteiger partial charge in [0.2, 0.25) is 0 Å². The second-order valence-electron chi connectivity index (χ2n) is 0.949. The molecule has 0 aromatic carbocycles. The zero-order valence-electron chi connectivity index (χ0n) is 3.66. The molecule has 0 aliphatic rings. The molecule has 0 aliphatic carbocycles. The molecule has 0 aromatic rings. The summed E-state index contributed by atoms with van der Waals surface area (Å²) in [5.74, 6) is 4.72. The van der Waals surface area contributed by atoms with Gasteiger partial charge in [0.15, 0.2) is 0 Å². The molecule has 0 radical (unpaired) electrons. The Hall–Kier alpha value is -0.810. The second kappa shape index (κ2) is 2.38. The van der Waals surface area contributed by atoms with E-state index in [1.54, 1.807) is 0 Å². The van der Waals surface area contributed by atoms with Crippen molar-refractivity contribution in [3.63, 3.8) is 0 Å². The number of aliphatic hydroxyl groups is 1. The summed E-state index contributed by atoms with van der Waals surface area (Å²) >= 11 is 0. The third-order valence-corrected chi connectivity index (χ3v) is 0.435. The average Bonchev–Trinajstić information content (AvgIpc) is 1.65. The summed E-state index contributed by atoms with van der Waals surface area (Å²) in [5, 5.41) is 8.49. The second-order valence-corrected chi connectivity index (χ2v) is 0.949. The lowest BCUT2D eigenvalue weighted by Crippen LogP contribution is -2.41. The Morgan fingerprint density at radius 2 is 2.29 bits per heavy atom. The first kappa shape index (κ1) is 6.19. The van der Waals surface area contributed by atoms with E-state index >= 15 is 0 Å². The van der Waals surface area contributed by atoms with Crippen molar-refractivity contribution in [3.8, 4) is 0 Å². The number of hydrogen-bond acceptors (Lipinski definition) is 3. The molecular formula is C2H7N3O2. The number of hydrazine groups is 1. The van der Waals surface area contributed by atoms with E-state index in [1.165, 1.54) is 0 Å². The fourth-order valence-corrected chi connectivity index (χ4v) is 0.0697. The molecule has 5 heteroatoms. The molecule has 0 saturated carbocycles. The Labute approximate surface area is 40.5 Å². The standard InChI is InChI=1S/C2H7N3O2/c3-2(7)5(4)1-6/h6H,1,4H2,(H2,3,7). The smallest absolute Gasteiger partial charge is 0.331 e. The normalized spacial score (nSPS) is 8.29. The highest BCUT2D eigenvalue weighted by molar-refractivity contribution is 5.70. The number of nitrogens with zero attached hydrogens (tertiary/aromatic N) is 1.